The van der Waals surface area contributed by atoms with Crippen LogP contribution in [0, 0.1) is 0 Å². The lowest BCUT2D eigenvalue weighted by molar-refractivity contribution is 0.0956. The highest BCUT2D eigenvalue weighted by molar-refractivity contribution is 6.04. The molecule has 0 unspecified atom stereocenters. The predicted octanol–water partition coefficient (Wildman–Crippen LogP) is 3.38. The molecule has 0 saturated heterocycles. The van der Waals surface area contributed by atoms with Gasteiger partial charge < -0.3 is 10.1 Å². The number of amides is 1. The third-order valence-electron chi connectivity index (χ3n) is 4.35. The van der Waals surface area contributed by atoms with Gasteiger partial charge in [0.25, 0.3) is 5.91 Å². The fourth-order valence-electron chi connectivity index (χ4n) is 2.93. The Hall–Kier alpha value is -2.63. The summed E-state index contributed by atoms with van der Waals surface area (Å²) in [6.07, 6.45) is 2.78. The van der Waals surface area contributed by atoms with E-state index in [-0.39, 0.29) is 11.8 Å². The molecule has 0 radical (unpaired) electrons. The van der Waals surface area contributed by atoms with Crippen molar-refractivity contribution < 1.29 is 9.53 Å². The van der Waals surface area contributed by atoms with Gasteiger partial charge in [0, 0.05) is 5.71 Å². The Kier molecular flexibility index (Phi) is 5.16. The number of rotatable bonds is 6. The fourth-order valence-corrected chi connectivity index (χ4v) is 2.93. The number of aliphatic imine (C=N–C) groups is 1. The van der Waals surface area contributed by atoms with E-state index < -0.39 is 0 Å². The zero-order chi connectivity index (χ0) is 17.8. The van der Waals surface area contributed by atoms with Crippen molar-refractivity contribution in [2.45, 2.75) is 39.0 Å². The van der Waals surface area contributed by atoms with Gasteiger partial charge in [0.15, 0.2) is 0 Å². The molecule has 0 spiro atoms. The number of benzene rings is 1. The number of aromatic nitrogens is 2. The molecule has 3 rings (SSSR count). The SMILES string of the molecule is COc1ccc(CCCC2=Nc3c(C(C)C)n[nH]c3C(=O)NC2)cc1. The molecular weight excluding hydrogens is 316 g/mol. The van der Waals surface area contributed by atoms with Crippen molar-refractivity contribution in [1.29, 1.82) is 0 Å². The summed E-state index contributed by atoms with van der Waals surface area (Å²) >= 11 is 0. The van der Waals surface area contributed by atoms with Gasteiger partial charge in [-0.15, -0.1) is 0 Å². The molecule has 1 aliphatic rings. The van der Waals surface area contributed by atoms with E-state index in [9.17, 15) is 4.79 Å². The lowest BCUT2D eigenvalue weighted by Crippen LogP contribution is -2.28. The van der Waals surface area contributed by atoms with E-state index in [4.69, 9.17) is 9.73 Å². The molecule has 1 aromatic carbocycles. The van der Waals surface area contributed by atoms with Gasteiger partial charge in [-0.2, -0.15) is 5.10 Å². The smallest absolute Gasteiger partial charge is 0.271 e. The zero-order valence-corrected chi connectivity index (χ0v) is 14.9. The lowest BCUT2D eigenvalue weighted by Gasteiger charge is -2.07. The lowest BCUT2D eigenvalue weighted by atomic mass is 10.1. The van der Waals surface area contributed by atoms with Crippen LogP contribution in [0.15, 0.2) is 29.3 Å². The second-order valence-electron chi connectivity index (χ2n) is 6.55. The summed E-state index contributed by atoms with van der Waals surface area (Å²) in [6.45, 7) is 4.59. The number of nitrogens with one attached hydrogen (secondary N) is 2. The van der Waals surface area contributed by atoms with Crippen molar-refractivity contribution in [1.82, 2.24) is 15.5 Å². The molecule has 6 heteroatoms. The normalized spacial score (nSPS) is 13.9. The van der Waals surface area contributed by atoms with Gasteiger partial charge >= 0.3 is 0 Å². The minimum absolute atomic E-state index is 0.136. The third kappa shape index (κ3) is 3.90. The van der Waals surface area contributed by atoms with Crippen molar-refractivity contribution in [3.63, 3.8) is 0 Å². The summed E-state index contributed by atoms with van der Waals surface area (Å²) in [5.41, 5.74) is 4.27. The van der Waals surface area contributed by atoms with E-state index in [2.05, 4.69) is 41.5 Å². The molecule has 132 valence electrons. The van der Waals surface area contributed by atoms with Crippen LogP contribution in [0.4, 0.5) is 5.69 Å². The zero-order valence-electron chi connectivity index (χ0n) is 14.9. The monoisotopic (exact) mass is 340 g/mol. The number of nitrogens with zero attached hydrogens (tertiary/aromatic N) is 2. The minimum Gasteiger partial charge on any atom is -0.497 e. The number of carbonyl (C=O) groups is 1. The molecule has 0 bridgehead atoms. The first-order valence-electron chi connectivity index (χ1n) is 8.64. The van der Waals surface area contributed by atoms with Gasteiger partial charge in [-0.25, -0.2) is 0 Å². The third-order valence-corrected chi connectivity index (χ3v) is 4.35. The molecule has 0 atom stereocenters. The molecule has 0 aliphatic carbocycles. The molecule has 2 aromatic rings. The van der Waals surface area contributed by atoms with E-state index in [1.54, 1.807) is 7.11 Å². The highest BCUT2D eigenvalue weighted by Gasteiger charge is 2.23. The van der Waals surface area contributed by atoms with E-state index in [0.717, 1.165) is 36.4 Å². The first kappa shape index (κ1) is 17.2. The Morgan fingerprint density at radius 1 is 1.20 bits per heavy atom. The van der Waals surface area contributed by atoms with Crippen molar-refractivity contribution in [2.24, 2.45) is 4.99 Å². The average molecular weight is 340 g/mol. The van der Waals surface area contributed by atoms with Crippen LogP contribution in [-0.2, 0) is 6.42 Å². The van der Waals surface area contributed by atoms with Crippen LogP contribution < -0.4 is 10.1 Å². The van der Waals surface area contributed by atoms with E-state index in [1.807, 2.05) is 12.1 Å². The number of hydrogen-bond acceptors (Lipinski definition) is 4. The maximum absolute atomic E-state index is 12.2. The van der Waals surface area contributed by atoms with Crippen LogP contribution in [0.2, 0.25) is 0 Å². The van der Waals surface area contributed by atoms with Gasteiger partial charge in [-0.1, -0.05) is 26.0 Å². The number of aryl methyl sites for hydroxylation is 1. The van der Waals surface area contributed by atoms with Crippen LogP contribution in [0.1, 0.15) is 54.4 Å². The van der Waals surface area contributed by atoms with Gasteiger partial charge in [0.1, 0.15) is 17.1 Å². The Bertz CT molecular complexity index is 775. The standard InChI is InChI=1S/C19H24N4O2/c1-12(2)16-17-18(23-22-16)19(24)20-11-14(21-17)6-4-5-13-7-9-15(25-3)10-8-13/h7-10,12H,4-6,11H2,1-3H3,(H,20,24)(H,22,23). The topological polar surface area (TPSA) is 79.4 Å². The predicted molar refractivity (Wildman–Crippen MR) is 98.0 cm³/mol. The summed E-state index contributed by atoms with van der Waals surface area (Å²) in [6, 6.07) is 8.12. The van der Waals surface area contributed by atoms with Crippen LogP contribution in [-0.4, -0.2) is 35.5 Å². The summed E-state index contributed by atoms with van der Waals surface area (Å²) in [5, 5.41) is 10.0. The number of carbonyl (C=O) groups excluding carboxylic acids is 1. The number of ether oxygens (including phenoxy) is 1. The average Bonchev–Trinajstić information content (AvgIpc) is 2.97. The number of aromatic amines is 1. The number of fused-ring (bicyclic) bond motifs is 1. The van der Waals surface area contributed by atoms with Crippen LogP contribution in [0.3, 0.4) is 0 Å². The molecule has 25 heavy (non-hydrogen) atoms. The van der Waals surface area contributed by atoms with E-state index in [0.29, 0.717) is 17.9 Å². The number of methoxy groups -OCH3 is 1. The van der Waals surface area contributed by atoms with Gasteiger partial charge in [-0.05, 0) is 42.9 Å². The summed E-state index contributed by atoms with van der Waals surface area (Å²) in [4.78, 5) is 16.9. The van der Waals surface area contributed by atoms with Gasteiger partial charge in [0.2, 0.25) is 0 Å². The Morgan fingerprint density at radius 2 is 1.96 bits per heavy atom. The molecule has 2 heterocycles. The summed E-state index contributed by atoms with van der Waals surface area (Å²) in [5.74, 6) is 0.951. The van der Waals surface area contributed by atoms with Crippen molar-refractivity contribution in [3.8, 4) is 5.75 Å². The van der Waals surface area contributed by atoms with Crippen molar-refractivity contribution in [2.75, 3.05) is 13.7 Å². The van der Waals surface area contributed by atoms with Crippen LogP contribution >= 0.6 is 0 Å². The second-order valence-corrected chi connectivity index (χ2v) is 6.55. The van der Waals surface area contributed by atoms with Gasteiger partial charge in [0.05, 0.1) is 19.3 Å². The molecule has 0 fully saturated rings. The Labute approximate surface area is 147 Å². The molecule has 6 nitrogen and oxygen atoms in total. The first-order valence-corrected chi connectivity index (χ1v) is 8.64. The molecule has 1 amide bonds. The highest BCUT2D eigenvalue weighted by Crippen LogP contribution is 2.29. The second kappa shape index (κ2) is 7.51. The largest absolute Gasteiger partial charge is 0.497 e. The highest BCUT2D eigenvalue weighted by atomic mass is 16.5. The summed E-state index contributed by atoms with van der Waals surface area (Å²) in [7, 11) is 1.67. The van der Waals surface area contributed by atoms with Crippen molar-refractivity contribution >= 4 is 17.3 Å². The molecule has 1 aliphatic heterocycles. The molecule has 2 N–H and O–H groups in total. The first-order chi connectivity index (χ1) is 12.1. The maximum Gasteiger partial charge on any atom is 0.271 e. The Balaban J connectivity index is 1.68. The number of H-pyrrole nitrogens is 1. The maximum atomic E-state index is 12.2. The fraction of sp³-hybridized carbons (Fsp3) is 0.421. The van der Waals surface area contributed by atoms with Crippen LogP contribution in [0.25, 0.3) is 0 Å². The molecule has 0 saturated carbocycles. The molecule has 1 aromatic heterocycles. The Morgan fingerprint density at radius 3 is 2.64 bits per heavy atom. The minimum atomic E-state index is -0.136. The van der Waals surface area contributed by atoms with E-state index in [1.165, 1.54) is 5.56 Å². The quantitative estimate of drug-likeness (QED) is 0.846. The van der Waals surface area contributed by atoms with E-state index >= 15 is 0 Å². The van der Waals surface area contributed by atoms with Gasteiger partial charge in [-0.3, -0.25) is 14.9 Å². The summed E-state index contributed by atoms with van der Waals surface area (Å²) < 4.78 is 5.18. The van der Waals surface area contributed by atoms with Crippen LogP contribution in [0.5, 0.6) is 5.75 Å². The number of hydrogen-bond donors (Lipinski definition) is 2. The van der Waals surface area contributed by atoms with Crippen molar-refractivity contribution in [3.05, 3.63) is 41.2 Å². The molecular formula is C19H24N4O2.